The largest absolute Gasteiger partial charge is 0.355 e. The highest BCUT2D eigenvalue weighted by molar-refractivity contribution is 7.99. The number of amides is 1. The molecule has 1 amide bonds. The lowest BCUT2D eigenvalue weighted by Gasteiger charge is -2.01. The first-order valence-corrected chi connectivity index (χ1v) is 8.64. The number of nitrogens with zero attached hydrogens (tertiary/aromatic N) is 2. The van der Waals surface area contributed by atoms with E-state index in [-0.39, 0.29) is 5.91 Å². The second-order valence-corrected chi connectivity index (χ2v) is 5.89. The molecule has 6 heteroatoms. The third-order valence-electron chi connectivity index (χ3n) is 3.12. The minimum Gasteiger partial charge on any atom is -0.355 e. The van der Waals surface area contributed by atoms with Crippen LogP contribution in [0.1, 0.15) is 31.7 Å². The lowest BCUT2D eigenvalue weighted by Crippen LogP contribution is -2.25. The van der Waals surface area contributed by atoms with Gasteiger partial charge >= 0.3 is 0 Å². The van der Waals surface area contributed by atoms with E-state index < -0.39 is 0 Å². The number of benzene rings is 1. The summed E-state index contributed by atoms with van der Waals surface area (Å²) in [5, 5.41) is 6.82. The molecule has 1 N–H and O–H groups in total. The van der Waals surface area contributed by atoms with Crippen LogP contribution in [0.2, 0.25) is 0 Å². The molecular formula is C16H21N3O2S. The Balaban J connectivity index is 1.84. The number of carbonyl (C=O) groups excluding carboxylic acids is 1. The van der Waals surface area contributed by atoms with Crippen molar-refractivity contribution in [3.05, 3.63) is 35.7 Å². The SMILES string of the molecule is CCCNC(=O)CSCc1nc(-c2ccc(CC)cc2)no1. The summed E-state index contributed by atoms with van der Waals surface area (Å²) in [5.74, 6) is 2.13. The fraction of sp³-hybridized carbons (Fsp3) is 0.438. The Morgan fingerprint density at radius 2 is 2.05 bits per heavy atom. The second kappa shape index (κ2) is 8.58. The number of nitrogens with one attached hydrogen (secondary N) is 1. The van der Waals surface area contributed by atoms with E-state index in [1.54, 1.807) is 0 Å². The van der Waals surface area contributed by atoms with Gasteiger partial charge in [0.1, 0.15) is 0 Å². The van der Waals surface area contributed by atoms with Gasteiger partial charge in [0.15, 0.2) is 0 Å². The molecule has 0 atom stereocenters. The minimum atomic E-state index is 0.0433. The summed E-state index contributed by atoms with van der Waals surface area (Å²) < 4.78 is 5.22. The van der Waals surface area contributed by atoms with Gasteiger partial charge in [0.05, 0.1) is 11.5 Å². The minimum absolute atomic E-state index is 0.0433. The van der Waals surface area contributed by atoms with Crippen LogP contribution in [0.4, 0.5) is 0 Å². The van der Waals surface area contributed by atoms with Crippen LogP contribution in [0.3, 0.4) is 0 Å². The molecule has 0 radical (unpaired) electrons. The average Bonchev–Trinajstić information content (AvgIpc) is 3.02. The van der Waals surface area contributed by atoms with Crippen molar-refractivity contribution < 1.29 is 9.32 Å². The van der Waals surface area contributed by atoms with E-state index >= 15 is 0 Å². The van der Waals surface area contributed by atoms with Crippen molar-refractivity contribution in [2.45, 2.75) is 32.4 Å². The number of aryl methyl sites for hydroxylation is 1. The van der Waals surface area contributed by atoms with Crippen LogP contribution in [0, 0.1) is 0 Å². The van der Waals surface area contributed by atoms with E-state index in [0.717, 1.165) is 24.9 Å². The number of thioether (sulfide) groups is 1. The maximum Gasteiger partial charge on any atom is 0.236 e. The molecule has 0 spiro atoms. The Labute approximate surface area is 134 Å². The van der Waals surface area contributed by atoms with Crippen molar-refractivity contribution in [1.82, 2.24) is 15.5 Å². The maximum absolute atomic E-state index is 11.5. The van der Waals surface area contributed by atoms with Crippen LogP contribution < -0.4 is 5.32 Å². The zero-order valence-corrected chi connectivity index (χ0v) is 13.8. The summed E-state index contributed by atoms with van der Waals surface area (Å²) >= 11 is 1.47. The molecular weight excluding hydrogens is 298 g/mol. The lowest BCUT2D eigenvalue weighted by atomic mass is 10.1. The summed E-state index contributed by atoms with van der Waals surface area (Å²) in [6.07, 6.45) is 1.95. The number of carbonyl (C=O) groups is 1. The molecule has 2 aromatic rings. The normalized spacial score (nSPS) is 10.6. The van der Waals surface area contributed by atoms with E-state index in [0.29, 0.717) is 23.2 Å². The highest BCUT2D eigenvalue weighted by Gasteiger charge is 2.09. The first-order valence-electron chi connectivity index (χ1n) is 7.49. The van der Waals surface area contributed by atoms with Crippen LogP contribution in [-0.4, -0.2) is 28.3 Å². The molecule has 0 bridgehead atoms. The van der Waals surface area contributed by atoms with Crippen molar-refractivity contribution >= 4 is 17.7 Å². The van der Waals surface area contributed by atoms with Gasteiger partial charge < -0.3 is 9.84 Å². The third-order valence-corrected chi connectivity index (χ3v) is 4.04. The summed E-state index contributed by atoms with van der Waals surface area (Å²) in [6.45, 7) is 4.87. The van der Waals surface area contributed by atoms with Crippen LogP contribution in [0.25, 0.3) is 11.4 Å². The smallest absolute Gasteiger partial charge is 0.236 e. The molecule has 5 nitrogen and oxygen atoms in total. The van der Waals surface area contributed by atoms with E-state index in [1.807, 2.05) is 19.1 Å². The van der Waals surface area contributed by atoms with Crippen molar-refractivity contribution in [2.75, 3.05) is 12.3 Å². The lowest BCUT2D eigenvalue weighted by molar-refractivity contribution is -0.118. The van der Waals surface area contributed by atoms with E-state index in [9.17, 15) is 4.79 Å². The molecule has 0 aliphatic rings. The van der Waals surface area contributed by atoms with Crippen molar-refractivity contribution in [1.29, 1.82) is 0 Å². The standard InChI is InChI=1S/C16H21N3O2S/c1-3-9-17-14(20)10-22-11-15-18-16(19-21-15)13-7-5-12(4-2)6-8-13/h5-8H,3-4,9-11H2,1-2H3,(H,17,20). The monoisotopic (exact) mass is 319 g/mol. The van der Waals surface area contributed by atoms with Gasteiger partial charge in [-0.05, 0) is 18.4 Å². The average molecular weight is 319 g/mol. The first kappa shape index (κ1) is 16.5. The molecule has 1 aromatic heterocycles. The molecule has 0 saturated carbocycles. The fourth-order valence-corrected chi connectivity index (χ4v) is 2.55. The number of aromatic nitrogens is 2. The molecule has 118 valence electrons. The Kier molecular flexibility index (Phi) is 6.45. The number of hydrogen-bond donors (Lipinski definition) is 1. The van der Waals surface area contributed by atoms with Gasteiger partial charge in [0.25, 0.3) is 0 Å². The molecule has 0 aliphatic carbocycles. The van der Waals surface area contributed by atoms with Gasteiger partial charge in [-0.3, -0.25) is 4.79 Å². The molecule has 1 aromatic carbocycles. The maximum atomic E-state index is 11.5. The van der Waals surface area contributed by atoms with Crippen molar-refractivity contribution in [2.24, 2.45) is 0 Å². The Morgan fingerprint density at radius 3 is 2.73 bits per heavy atom. The van der Waals surface area contributed by atoms with Crippen LogP contribution in [-0.2, 0) is 17.0 Å². The van der Waals surface area contributed by atoms with E-state index in [4.69, 9.17) is 4.52 Å². The zero-order valence-electron chi connectivity index (χ0n) is 13.0. The Bertz CT molecular complexity index is 596. The second-order valence-electron chi connectivity index (χ2n) is 4.90. The van der Waals surface area contributed by atoms with E-state index in [2.05, 4.69) is 34.5 Å². The summed E-state index contributed by atoms with van der Waals surface area (Å²) in [7, 11) is 0. The highest BCUT2D eigenvalue weighted by atomic mass is 32.2. The third kappa shape index (κ3) is 4.87. The molecule has 1 heterocycles. The van der Waals surface area contributed by atoms with Gasteiger partial charge in [-0.1, -0.05) is 43.3 Å². The van der Waals surface area contributed by atoms with Crippen LogP contribution >= 0.6 is 11.8 Å². The van der Waals surface area contributed by atoms with Gasteiger partial charge in [0.2, 0.25) is 17.6 Å². The van der Waals surface area contributed by atoms with Gasteiger partial charge in [-0.25, -0.2) is 0 Å². The molecule has 22 heavy (non-hydrogen) atoms. The predicted octanol–water partition coefficient (Wildman–Crippen LogP) is 3.06. The topological polar surface area (TPSA) is 68.0 Å². The zero-order chi connectivity index (χ0) is 15.8. The molecule has 0 unspecified atom stereocenters. The summed E-state index contributed by atoms with van der Waals surface area (Å²) in [4.78, 5) is 15.8. The predicted molar refractivity (Wildman–Crippen MR) is 88.6 cm³/mol. The fourth-order valence-electron chi connectivity index (χ4n) is 1.87. The highest BCUT2D eigenvalue weighted by Crippen LogP contribution is 2.18. The number of rotatable bonds is 8. The van der Waals surface area contributed by atoms with Crippen molar-refractivity contribution in [3.63, 3.8) is 0 Å². The molecule has 0 aliphatic heterocycles. The molecule has 0 saturated heterocycles. The van der Waals surface area contributed by atoms with Crippen LogP contribution in [0.5, 0.6) is 0 Å². The number of hydrogen-bond acceptors (Lipinski definition) is 5. The first-order chi connectivity index (χ1) is 10.7. The summed E-state index contributed by atoms with van der Waals surface area (Å²) in [6, 6.07) is 8.13. The molecule has 2 rings (SSSR count). The Hall–Kier alpha value is -1.82. The molecule has 0 fully saturated rings. The van der Waals surface area contributed by atoms with Gasteiger partial charge in [-0.15, -0.1) is 11.8 Å². The van der Waals surface area contributed by atoms with Crippen LogP contribution in [0.15, 0.2) is 28.8 Å². The quantitative estimate of drug-likeness (QED) is 0.810. The summed E-state index contributed by atoms with van der Waals surface area (Å²) in [5.41, 5.74) is 2.22. The van der Waals surface area contributed by atoms with E-state index in [1.165, 1.54) is 17.3 Å². The van der Waals surface area contributed by atoms with Gasteiger partial charge in [0, 0.05) is 12.1 Å². The Morgan fingerprint density at radius 1 is 1.27 bits per heavy atom. The van der Waals surface area contributed by atoms with Crippen molar-refractivity contribution in [3.8, 4) is 11.4 Å². The van der Waals surface area contributed by atoms with Gasteiger partial charge in [-0.2, -0.15) is 4.98 Å².